The summed E-state index contributed by atoms with van der Waals surface area (Å²) in [6.07, 6.45) is 1.89. The number of fused-ring (bicyclic) bond motifs is 1. The van der Waals surface area contributed by atoms with Gasteiger partial charge in [-0.3, -0.25) is 4.79 Å². The Kier molecular flexibility index (Phi) is 5.23. The fraction of sp³-hybridized carbons (Fsp3) is 0.250. The third-order valence-corrected chi connectivity index (χ3v) is 3.93. The van der Waals surface area contributed by atoms with Gasteiger partial charge < -0.3 is 19.2 Å². The zero-order chi connectivity index (χ0) is 17.6. The Labute approximate surface area is 146 Å². The number of benzene rings is 2. The second-order valence-corrected chi connectivity index (χ2v) is 5.81. The predicted molar refractivity (Wildman–Crippen MR) is 96.2 cm³/mol. The fourth-order valence-electron chi connectivity index (χ4n) is 2.56. The minimum Gasteiger partial charge on any atom is -0.497 e. The van der Waals surface area contributed by atoms with Crippen molar-refractivity contribution < 1.29 is 18.7 Å². The molecule has 0 bridgehead atoms. The molecule has 0 fully saturated rings. The lowest BCUT2D eigenvalue weighted by Gasteiger charge is -2.08. The largest absolute Gasteiger partial charge is 0.497 e. The molecule has 0 atom stereocenters. The average molecular weight is 339 g/mol. The summed E-state index contributed by atoms with van der Waals surface area (Å²) in [5.41, 5.74) is 2.75. The Balaban J connectivity index is 1.48. The first-order valence-electron chi connectivity index (χ1n) is 8.16. The molecule has 1 amide bonds. The van der Waals surface area contributed by atoms with Crippen LogP contribution >= 0.6 is 0 Å². The van der Waals surface area contributed by atoms with Gasteiger partial charge in [0.2, 0.25) is 5.91 Å². The van der Waals surface area contributed by atoms with E-state index >= 15 is 0 Å². The first-order chi connectivity index (χ1) is 12.2. The molecule has 25 heavy (non-hydrogen) atoms. The van der Waals surface area contributed by atoms with Crippen molar-refractivity contribution in [3.05, 3.63) is 59.9 Å². The molecule has 0 aliphatic carbocycles. The van der Waals surface area contributed by atoms with Gasteiger partial charge in [-0.1, -0.05) is 17.7 Å². The highest BCUT2D eigenvalue weighted by atomic mass is 16.5. The van der Waals surface area contributed by atoms with Gasteiger partial charge in [0.15, 0.2) is 0 Å². The molecule has 1 heterocycles. The summed E-state index contributed by atoms with van der Waals surface area (Å²) >= 11 is 0. The number of hydrogen-bond acceptors (Lipinski definition) is 4. The van der Waals surface area contributed by atoms with Gasteiger partial charge >= 0.3 is 0 Å². The summed E-state index contributed by atoms with van der Waals surface area (Å²) in [5.74, 6) is 1.46. The number of furan rings is 1. The van der Waals surface area contributed by atoms with Crippen molar-refractivity contribution in [1.29, 1.82) is 0 Å². The number of methoxy groups -OCH3 is 1. The summed E-state index contributed by atoms with van der Waals surface area (Å²) in [7, 11) is 1.61. The van der Waals surface area contributed by atoms with Crippen molar-refractivity contribution >= 4 is 16.9 Å². The molecule has 0 saturated carbocycles. The van der Waals surface area contributed by atoms with Crippen LogP contribution in [-0.4, -0.2) is 26.2 Å². The van der Waals surface area contributed by atoms with Gasteiger partial charge in [-0.2, -0.15) is 0 Å². The van der Waals surface area contributed by atoms with Crippen LogP contribution in [-0.2, 0) is 11.2 Å². The zero-order valence-electron chi connectivity index (χ0n) is 14.4. The molecular weight excluding hydrogens is 318 g/mol. The fourth-order valence-corrected chi connectivity index (χ4v) is 2.56. The van der Waals surface area contributed by atoms with Gasteiger partial charge in [-0.25, -0.2) is 0 Å². The molecule has 3 rings (SSSR count). The Morgan fingerprint density at radius 3 is 2.64 bits per heavy atom. The van der Waals surface area contributed by atoms with Crippen LogP contribution in [0.4, 0.5) is 0 Å². The van der Waals surface area contributed by atoms with Crippen LogP contribution in [0.3, 0.4) is 0 Å². The van der Waals surface area contributed by atoms with E-state index in [1.54, 1.807) is 13.4 Å². The maximum Gasteiger partial charge on any atom is 0.224 e. The van der Waals surface area contributed by atoms with Gasteiger partial charge in [0.25, 0.3) is 0 Å². The highest BCUT2D eigenvalue weighted by molar-refractivity contribution is 5.88. The zero-order valence-corrected chi connectivity index (χ0v) is 14.4. The van der Waals surface area contributed by atoms with Crippen LogP contribution < -0.4 is 14.8 Å². The van der Waals surface area contributed by atoms with Crippen LogP contribution in [0.15, 0.2) is 53.1 Å². The molecule has 5 heteroatoms. The van der Waals surface area contributed by atoms with Crippen LogP contribution in [0.25, 0.3) is 11.0 Å². The number of ether oxygens (including phenoxy) is 2. The molecule has 0 radical (unpaired) electrons. The van der Waals surface area contributed by atoms with Crippen molar-refractivity contribution in [1.82, 2.24) is 5.32 Å². The number of aryl methyl sites for hydroxylation is 1. The van der Waals surface area contributed by atoms with Gasteiger partial charge in [0.05, 0.1) is 26.3 Å². The van der Waals surface area contributed by atoms with Crippen LogP contribution in [0, 0.1) is 6.92 Å². The Morgan fingerprint density at radius 2 is 1.88 bits per heavy atom. The quantitative estimate of drug-likeness (QED) is 0.670. The first kappa shape index (κ1) is 16.9. The lowest BCUT2D eigenvalue weighted by atomic mass is 10.1. The monoisotopic (exact) mass is 339 g/mol. The number of amides is 1. The van der Waals surface area contributed by atoms with Crippen molar-refractivity contribution in [3.8, 4) is 11.5 Å². The molecule has 3 aromatic rings. The summed E-state index contributed by atoms with van der Waals surface area (Å²) in [4.78, 5) is 12.1. The van der Waals surface area contributed by atoms with Crippen LogP contribution in [0.5, 0.6) is 11.5 Å². The standard InChI is InChI=1S/C20H21NO4/c1-14-3-5-16(6-4-14)24-10-9-21-20(22)11-15-13-25-19-12-17(23-2)7-8-18(15)19/h3-8,12-13H,9-11H2,1-2H3,(H,21,22). The topological polar surface area (TPSA) is 60.7 Å². The van der Waals surface area contributed by atoms with Gasteiger partial charge in [0, 0.05) is 17.0 Å². The van der Waals surface area contributed by atoms with E-state index in [-0.39, 0.29) is 12.3 Å². The van der Waals surface area contributed by atoms with Crippen molar-refractivity contribution in [2.75, 3.05) is 20.3 Å². The normalized spacial score (nSPS) is 10.6. The maximum absolute atomic E-state index is 12.1. The van der Waals surface area contributed by atoms with Crippen LogP contribution in [0.2, 0.25) is 0 Å². The highest BCUT2D eigenvalue weighted by Crippen LogP contribution is 2.25. The number of carbonyl (C=O) groups is 1. The maximum atomic E-state index is 12.1. The first-order valence-corrected chi connectivity index (χ1v) is 8.16. The summed E-state index contributed by atoms with van der Waals surface area (Å²) in [6, 6.07) is 13.4. The molecule has 1 aromatic heterocycles. The van der Waals surface area contributed by atoms with E-state index in [0.29, 0.717) is 18.7 Å². The molecule has 1 N–H and O–H groups in total. The molecule has 0 spiro atoms. The number of hydrogen-bond donors (Lipinski definition) is 1. The van der Waals surface area contributed by atoms with E-state index in [4.69, 9.17) is 13.9 Å². The molecule has 0 unspecified atom stereocenters. The van der Waals surface area contributed by atoms with E-state index in [0.717, 1.165) is 22.4 Å². The molecule has 2 aromatic carbocycles. The molecule has 0 saturated heterocycles. The smallest absolute Gasteiger partial charge is 0.224 e. The third-order valence-electron chi connectivity index (χ3n) is 3.93. The van der Waals surface area contributed by atoms with E-state index in [1.807, 2.05) is 49.4 Å². The number of carbonyl (C=O) groups excluding carboxylic acids is 1. The minimum atomic E-state index is -0.0639. The summed E-state index contributed by atoms with van der Waals surface area (Å²) in [5, 5.41) is 3.78. The molecule has 5 nitrogen and oxygen atoms in total. The second kappa shape index (κ2) is 7.75. The van der Waals surface area contributed by atoms with Crippen LogP contribution in [0.1, 0.15) is 11.1 Å². The van der Waals surface area contributed by atoms with E-state index in [2.05, 4.69) is 5.32 Å². The second-order valence-electron chi connectivity index (χ2n) is 5.81. The van der Waals surface area contributed by atoms with Crippen molar-refractivity contribution in [3.63, 3.8) is 0 Å². The lowest BCUT2D eigenvalue weighted by molar-refractivity contribution is -0.120. The Morgan fingerprint density at radius 1 is 1.12 bits per heavy atom. The molecular formula is C20H21NO4. The predicted octanol–water partition coefficient (Wildman–Crippen LogP) is 3.49. The van der Waals surface area contributed by atoms with Gasteiger partial charge in [-0.05, 0) is 31.2 Å². The van der Waals surface area contributed by atoms with E-state index in [1.165, 1.54) is 5.56 Å². The number of nitrogens with one attached hydrogen (secondary N) is 1. The van der Waals surface area contributed by atoms with Crippen molar-refractivity contribution in [2.45, 2.75) is 13.3 Å². The Bertz CT molecular complexity index is 852. The van der Waals surface area contributed by atoms with E-state index < -0.39 is 0 Å². The molecule has 0 aliphatic rings. The lowest BCUT2D eigenvalue weighted by Crippen LogP contribution is -2.29. The van der Waals surface area contributed by atoms with Crippen molar-refractivity contribution in [2.24, 2.45) is 0 Å². The van der Waals surface area contributed by atoms with Gasteiger partial charge in [-0.15, -0.1) is 0 Å². The highest BCUT2D eigenvalue weighted by Gasteiger charge is 2.11. The van der Waals surface area contributed by atoms with E-state index in [9.17, 15) is 4.79 Å². The number of rotatable bonds is 7. The SMILES string of the molecule is COc1ccc2c(CC(=O)NCCOc3ccc(C)cc3)coc2c1. The summed E-state index contributed by atoms with van der Waals surface area (Å²) in [6.45, 7) is 2.91. The van der Waals surface area contributed by atoms with Gasteiger partial charge in [0.1, 0.15) is 23.7 Å². The molecule has 0 aliphatic heterocycles. The Hall–Kier alpha value is -2.95. The average Bonchev–Trinajstić information content (AvgIpc) is 3.02. The molecule has 130 valence electrons. The third kappa shape index (κ3) is 4.32. The summed E-state index contributed by atoms with van der Waals surface area (Å²) < 4.78 is 16.3. The minimum absolute atomic E-state index is 0.0639.